The summed E-state index contributed by atoms with van der Waals surface area (Å²) in [6.45, 7) is 2.01. The third-order valence-electron chi connectivity index (χ3n) is 3.93. The van der Waals surface area contributed by atoms with Gasteiger partial charge in [0, 0.05) is 11.5 Å². The maximum atomic E-state index is 12.3. The highest BCUT2D eigenvalue weighted by molar-refractivity contribution is 5.93. The van der Waals surface area contributed by atoms with Crippen LogP contribution < -0.4 is 10.9 Å². The van der Waals surface area contributed by atoms with E-state index in [0.717, 1.165) is 11.8 Å². The van der Waals surface area contributed by atoms with Crippen molar-refractivity contribution in [3.8, 4) is 0 Å². The molecule has 0 atom stereocenters. The molecular formula is C17H16N6O3. The van der Waals surface area contributed by atoms with Gasteiger partial charge < -0.3 is 4.52 Å². The minimum absolute atomic E-state index is 0.0253. The normalized spacial score (nSPS) is 11.3. The first-order chi connectivity index (χ1) is 12.6. The Morgan fingerprint density at radius 2 is 2.15 bits per heavy atom. The van der Waals surface area contributed by atoms with E-state index in [4.69, 9.17) is 4.52 Å². The largest absolute Gasteiger partial charge is 0.356 e. The van der Waals surface area contributed by atoms with Gasteiger partial charge in [-0.2, -0.15) is 9.50 Å². The summed E-state index contributed by atoms with van der Waals surface area (Å²) < 4.78 is 6.39. The van der Waals surface area contributed by atoms with Crippen molar-refractivity contribution in [2.75, 3.05) is 5.32 Å². The van der Waals surface area contributed by atoms with Crippen LogP contribution >= 0.6 is 0 Å². The number of para-hydroxylation sites is 1. The number of aromatic amines is 1. The molecule has 0 radical (unpaired) electrons. The van der Waals surface area contributed by atoms with Crippen molar-refractivity contribution < 1.29 is 9.32 Å². The molecule has 0 saturated carbocycles. The zero-order chi connectivity index (χ0) is 18.1. The van der Waals surface area contributed by atoms with Crippen LogP contribution in [-0.2, 0) is 17.6 Å². The zero-order valence-corrected chi connectivity index (χ0v) is 14.0. The van der Waals surface area contributed by atoms with Crippen LogP contribution in [0.1, 0.15) is 24.7 Å². The molecule has 0 aliphatic rings. The smallest absolute Gasteiger partial charge is 0.274 e. The Hall–Kier alpha value is -3.49. The molecule has 4 rings (SSSR count). The van der Waals surface area contributed by atoms with Gasteiger partial charge in [-0.25, -0.2) is 4.98 Å². The lowest BCUT2D eigenvalue weighted by molar-refractivity contribution is -0.115. The third kappa shape index (κ3) is 2.94. The molecule has 9 nitrogen and oxygen atoms in total. The van der Waals surface area contributed by atoms with E-state index in [1.165, 1.54) is 10.6 Å². The summed E-state index contributed by atoms with van der Waals surface area (Å²) in [4.78, 5) is 32.9. The van der Waals surface area contributed by atoms with Gasteiger partial charge in [-0.1, -0.05) is 30.6 Å². The second-order valence-corrected chi connectivity index (χ2v) is 5.89. The molecule has 2 N–H and O–H groups in total. The Morgan fingerprint density at radius 3 is 3.00 bits per heavy atom. The molecule has 3 heterocycles. The predicted octanol–water partition coefficient (Wildman–Crippen LogP) is 1.69. The molecule has 26 heavy (non-hydrogen) atoms. The molecule has 0 spiro atoms. The van der Waals surface area contributed by atoms with Crippen LogP contribution in [0.4, 0.5) is 5.95 Å². The Bertz CT molecular complexity index is 1160. The van der Waals surface area contributed by atoms with Gasteiger partial charge in [-0.05, 0) is 18.6 Å². The highest BCUT2D eigenvalue weighted by Gasteiger charge is 2.14. The number of carbonyl (C=O) groups excluding carboxylic acids is 1. The third-order valence-corrected chi connectivity index (χ3v) is 3.93. The topological polar surface area (TPSA) is 118 Å². The number of rotatable bonds is 5. The number of aryl methyl sites for hydroxylation is 1. The quantitative estimate of drug-likeness (QED) is 0.564. The molecule has 0 aliphatic heterocycles. The molecule has 4 aromatic rings. The fourth-order valence-corrected chi connectivity index (χ4v) is 2.76. The summed E-state index contributed by atoms with van der Waals surface area (Å²) in [6.07, 6.45) is 1.60. The van der Waals surface area contributed by atoms with E-state index in [0.29, 0.717) is 23.4 Å². The average molecular weight is 352 g/mol. The van der Waals surface area contributed by atoms with Crippen LogP contribution in [0.3, 0.4) is 0 Å². The number of nitrogens with one attached hydrogen (secondary N) is 2. The van der Waals surface area contributed by atoms with Crippen LogP contribution in [0.2, 0.25) is 0 Å². The molecule has 9 heteroatoms. The van der Waals surface area contributed by atoms with Gasteiger partial charge >= 0.3 is 0 Å². The maximum Gasteiger partial charge on any atom is 0.274 e. The minimum Gasteiger partial charge on any atom is -0.356 e. The molecule has 0 aliphatic carbocycles. The first-order valence-corrected chi connectivity index (χ1v) is 8.26. The van der Waals surface area contributed by atoms with Crippen molar-refractivity contribution in [2.45, 2.75) is 26.2 Å². The number of aromatic nitrogens is 5. The minimum atomic E-state index is -0.329. The second kappa shape index (κ2) is 6.43. The number of H-pyrrole nitrogens is 1. The molecule has 3 aromatic heterocycles. The monoisotopic (exact) mass is 352 g/mol. The molecule has 0 fully saturated rings. The van der Waals surface area contributed by atoms with Crippen LogP contribution in [0.15, 0.2) is 39.6 Å². The fraction of sp³-hybridized carbons (Fsp3) is 0.235. The van der Waals surface area contributed by atoms with Crippen LogP contribution in [0.25, 0.3) is 16.7 Å². The van der Waals surface area contributed by atoms with Gasteiger partial charge in [0.1, 0.15) is 5.69 Å². The van der Waals surface area contributed by atoms with E-state index in [1.54, 1.807) is 6.07 Å². The number of anilines is 1. The predicted molar refractivity (Wildman–Crippen MR) is 93.9 cm³/mol. The van der Waals surface area contributed by atoms with Gasteiger partial charge in [0.15, 0.2) is 5.58 Å². The van der Waals surface area contributed by atoms with E-state index < -0.39 is 0 Å². The van der Waals surface area contributed by atoms with Crippen molar-refractivity contribution in [2.24, 2.45) is 0 Å². The standard InChI is InChI=1S/C17H16N6O3/c1-2-5-10-8-15(25)23-17(18-10)20-16(21-23)19-14(24)9-12-11-6-3-4-7-13(11)26-22-12/h3-4,6-8H,2,5,9H2,1H3,(H2,18,19,20,21,24). The first-order valence-electron chi connectivity index (χ1n) is 8.26. The zero-order valence-electron chi connectivity index (χ0n) is 14.0. The molecule has 0 unspecified atom stereocenters. The Balaban J connectivity index is 1.55. The van der Waals surface area contributed by atoms with E-state index in [9.17, 15) is 9.59 Å². The molecule has 0 bridgehead atoms. The highest BCUT2D eigenvalue weighted by atomic mass is 16.5. The van der Waals surface area contributed by atoms with Gasteiger partial charge in [-0.15, -0.1) is 0 Å². The number of hydrogen-bond donors (Lipinski definition) is 2. The van der Waals surface area contributed by atoms with Crippen molar-refractivity contribution in [1.29, 1.82) is 0 Å². The number of hydrogen-bond acceptors (Lipinski definition) is 6. The Morgan fingerprint density at radius 1 is 1.31 bits per heavy atom. The number of nitrogens with zero attached hydrogens (tertiary/aromatic N) is 4. The number of amides is 1. The molecule has 0 saturated heterocycles. The lowest BCUT2D eigenvalue weighted by Crippen LogP contribution is -2.17. The SMILES string of the molecule is CCCc1cc(=O)n2[nH]c(NC(=O)Cc3noc4ccccc34)nc2n1. The summed E-state index contributed by atoms with van der Waals surface area (Å²) in [5.41, 5.74) is 1.57. The Labute approximate surface area is 147 Å². The van der Waals surface area contributed by atoms with Crippen molar-refractivity contribution >= 4 is 28.6 Å². The lowest BCUT2D eigenvalue weighted by atomic mass is 10.2. The van der Waals surface area contributed by atoms with E-state index in [2.05, 4.69) is 25.5 Å². The second-order valence-electron chi connectivity index (χ2n) is 5.89. The van der Waals surface area contributed by atoms with Crippen LogP contribution in [0.5, 0.6) is 0 Å². The maximum absolute atomic E-state index is 12.3. The number of carbonyl (C=O) groups is 1. The number of benzene rings is 1. The Kier molecular flexibility index (Phi) is 3.96. The van der Waals surface area contributed by atoms with Crippen LogP contribution in [0, 0.1) is 0 Å². The average Bonchev–Trinajstić information content (AvgIpc) is 3.20. The first kappa shape index (κ1) is 16.0. The van der Waals surface area contributed by atoms with Gasteiger partial charge in [0.25, 0.3) is 11.3 Å². The molecule has 1 aromatic carbocycles. The molecule has 1 amide bonds. The van der Waals surface area contributed by atoms with Crippen molar-refractivity contribution in [1.82, 2.24) is 24.7 Å². The number of fused-ring (bicyclic) bond motifs is 2. The lowest BCUT2D eigenvalue weighted by Gasteiger charge is -1.98. The summed E-state index contributed by atoms with van der Waals surface area (Å²) in [6, 6.07) is 8.78. The van der Waals surface area contributed by atoms with E-state index in [-0.39, 0.29) is 29.6 Å². The molecule has 132 valence electrons. The van der Waals surface area contributed by atoms with Crippen molar-refractivity contribution in [3.05, 3.63) is 52.1 Å². The van der Waals surface area contributed by atoms with Crippen molar-refractivity contribution in [3.63, 3.8) is 0 Å². The fourth-order valence-electron chi connectivity index (χ4n) is 2.76. The van der Waals surface area contributed by atoms with E-state index >= 15 is 0 Å². The summed E-state index contributed by atoms with van der Waals surface area (Å²) >= 11 is 0. The van der Waals surface area contributed by atoms with Gasteiger partial charge in [0.2, 0.25) is 11.9 Å². The van der Waals surface area contributed by atoms with E-state index in [1.807, 2.05) is 25.1 Å². The summed E-state index contributed by atoms with van der Waals surface area (Å²) in [5, 5.41) is 10.1. The van der Waals surface area contributed by atoms with Crippen LogP contribution in [-0.4, -0.2) is 30.6 Å². The summed E-state index contributed by atoms with van der Waals surface area (Å²) in [5.74, 6) is 0.0501. The van der Waals surface area contributed by atoms with Gasteiger partial charge in [-0.3, -0.25) is 20.0 Å². The summed E-state index contributed by atoms with van der Waals surface area (Å²) in [7, 11) is 0. The molecular weight excluding hydrogens is 336 g/mol. The van der Waals surface area contributed by atoms with Gasteiger partial charge in [0.05, 0.1) is 12.1 Å². The highest BCUT2D eigenvalue weighted by Crippen LogP contribution is 2.18.